The van der Waals surface area contributed by atoms with Crippen molar-refractivity contribution < 1.29 is 19.0 Å². The van der Waals surface area contributed by atoms with Crippen LogP contribution in [0.15, 0.2) is 24.3 Å². The summed E-state index contributed by atoms with van der Waals surface area (Å²) in [5, 5.41) is -0.317. The molecule has 1 aromatic carbocycles. The molecule has 22 heavy (non-hydrogen) atoms. The predicted molar refractivity (Wildman–Crippen MR) is 88.1 cm³/mol. The van der Waals surface area contributed by atoms with Gasteiger partial charge in [0, 0.05) is 0 Å². The van der Waals surface area contributed by atoms with Gasteiger partial charge in [0.2, 0.25) is 5.12 Å². The number of nitrogens with two attached hydrogens (primary N) is 2. The SMILES string of the molecule is NCCCc1cccc(OCC(N)OCCOCC(=O)S)c1. The van der Waals surface area contributed by atoms with Crippen molar-refractivity contribution in [2.24, 2.45) is 11.5 Å². The van der Waals surface area contributed by atoms with Gasteiger partial charge in [-0.3, -0.25) is 4.79 Å². The maximum absolute atomic E-state index is 10.5. The molecule has 0 heterocycles. The molecule has 1 rings (SSSR count). The molecular weight excluding hydrogens is 304 g/mol. The average molecular weight is 328 g/mol. The zero-order valence-electron chi connectivity index (χ0n) is 12.6. The summed E-state index contributed by atoms with van der Waals surface area (Å²) >= 11 is 3.59. The van der Waals surface area contributed by atoms with Crippen LogP contribution < -0.4 is 16.2 Å². The molecule has 124 valence electrons. The van der Waals surface area contributed by atoms with Crippen LogP contribution in [-0.4, -0.2) is 44.3 Å². The Morgan fingerprint density at radius 2 is 2.14 bits per heavy atom. The zero-order chi connectivity index (χ0) is 16.2. The maximum atomic E-state index is 10.5. The lowest BCUT2D eigenvalue weighted by Crippen LogP contribution is -2.32. The summed E-state index contributed by atoms with van der Waals surface area (Å²) in [5.74, 6) is 0.755. The highest BCUT2D eigenvalue weighted by Gasteiger charge is 2.05. The number of thiol groups is 1. The number of ether oxygens (including phenoxy) is 3. The van der Waals surface area contributed by atoms with E-state index in [2.05, 4.69) is 12.6 Å². The molecule has 4 N–H and O–H groups in total. The van der Waals surface area contributed by atoms with E-state index in [0.717, 1.165) is 18.6 Å². The number of hydrogen-bond donors (Lipinski definition) is 3. The molecule has 0 fully saturated rings. The van der Waals surface area contributed by atoms with Crippen LogP contribution in [0.25, 0.3) is 0 Å². The van der Waals surface area contributed by atoms with Crippen molar-refractivity contribution >= 4 is 17.7 Å². The molecule has 1 unspecified atom stereocenters. The van der Waals surface area contributed by atoms with Gasteiger partial charge in [-0.25, -0.2) is 0 Å². The second kappa shape index (κ2) is 11.4. The molecule has 0 spiro atoms. The second-order valence-electron chi connectivity index (χ2n) is 4.71. The third-order valence-corrected chi connectivity index (χ3v) is 2.90. The quantitative estimate of drug-likeness (QED) is 0.297. The lowest BCUT2D eigenvalue weighted by molar-refractivity contribution is -0.115. The van der Waals surface area contributed by atoms with E-state index in [-0.39, 0.29) is 24.9 Å². The lowest BCUT2D eigenvalue weighted by atomic mass is 10.1. The van der Waals surface area contributed by atoms with Crippen LogP contribution in [0.5, 0.6) is 5.75 Å². The number of aryl methyl sites for hydroxylation is 1. The van der Waals surface area contributed by atoms with Crippen LogP contribution in [-0.2, 0) is 20.7 Å². The minimum Gasteiger partial charge on any atom is -0.489 e. The minimum absolute atomic E-state index is 0.0339. The summed E-state index contributed by atoms with van der Waals surface area (Å²) in [6.45, 7) is 1.46. The fraction of sp³-hybridized carbons (Fsp3) is 0.533. The van der Waals surface area contributed by atoms with Crippen LogP contribution in [0.2, 0.25) is 0 Å². The number of carbonyl (C=O) groups is 1. The van der Waals surface area contributed by atoms with Crippen molar-refractivity contribution in [1.29, 1.82) is 0 Å². The van der Waals surface area contributed by atoms with Crippen molar-refractivity contribution in [1.82, 2.24) is 0 Å². The average Bonchev–Trinajstić information content (AvgIpc) is 2.50. The van der Waals surface area contributed by atoms with E-state index in [1.165, 1.54) is 5.56 Å². The fourth-order valence-corrected chi connectivity index (χ4v) is 1.83. The Kier molecular flexibility index (Phi) is 9.85. The topological polar surface area (TPSA) is 96.8 Å². The van der Waals surface area contributed by atoms with Crippen molar-refractivity contribution in [3.05, 3.63) is 29.8 Å². The molecule has 0 radical (unpaired) electrons. The highest BCUT2D eigenvalue weighted by molar-refractivity contribution is 7.96. The third kappa shape index (κ3) is 9.01. The Morgan fingerprint density at radius 1 is 1.32 bits per heavy atom. The van der Waals surface area contributed by atoms with Gasteiger partial charge in [-0.15, -0.1) is 12.6 Å². The van der Waals surface area contributed by atoms with E-state index in [0.29, 0.717) is 13.2 Å². The van der Waals surface area contributed by atoms with Gasteiger partial charge in [-0.05, 0) is 37.1 Å². The third-order valence-electron chi connectivity index (χ3n) is 2.77. The highest BCUT2D eigenvalue weighted by Crippen LogP contribution is 2.14. The van der Waals surface area contributed by atoms with Crippen molar-refractivity contribution in [2.45, 2.75) is 19.1 Å². The first-order valence-electron chi connectivity index (χ1n) is 7.20. The monoisotopic (exact) mass is 328 g/mol. The fourth-order valence-electron chi connectivity index (χ4n) is 1.74. The van der Waals surface area contributed by atoms with Crippen molar-refractivity contribution in [3.8, 4) is 5.75 Å². The molecule has 0 saturated carbocycles. The van der Waals surface area contributed by atoms with E-state index in [1.807, 2.05) is 24.3 Å². The Hall–Kier alpha value is -1.12. The van der Waals surface area contributed by atoms with E-state index in [1.54, 1.807) is 0 Å². The number of hydrogen-bond acceptors (Lipinski definition) is 6. The molecule has 1 atom stereocenters. The van der Waals surface area contributed by atoms with E-state index < -0.39 is 6.23 Å². The summed E-state index contributed by atoms with van der Waals surface area (Å²) in [6, 6.07) is 7.83. The summed E-state index contributed by atoms with van der Waals surface area (Å²) in [7, 11) is 0. The minimum atomic E-state index is -0.553. The van der Waals surface area contributed by atoms with Gasteiger partial charge < -0.3 is 25.7 Å². The highest BCUT2D eigenvalue weighted by atomic mass is 32.1. The van der Waals surface area contributed by atoms with E-state index >= 15 is 0 Å². The first kappa shape index (κ1) is 18.9. The van der Waals surface area contributed by atoms with Crippen LogP contribution in [0.4, 0.5) is 0 Å². The number of carbonyl (C=O) groups excluding carboxylic acids is 1. The molecule has 0 aliphatic rings. The zero-order valence-corrected chi connectivity index (χ0v) is 13.5. The van der Waals surface area contributed by atoms with Crippen molar-refractivity contribution in [3.63, 3.8) is 0 Å². The summed E-state index contributed by atoms with van der Waals surface area (Å²) < 4.78 is 15.9. The molecule has 0 bridgehead atoms. The number of benzene rings is 1. The van der Waals surface area contributed by atoms with Gasteiger partial charge in [0.1, 0.15) is 25.2 Å². The Labute approximate surface area is 136 Å². The molecule has 1 aromatic rings. The largest absolute Gasteiger partial charge is 0.489 e. The van der Waals surface area contributed by atoms with Crippen LogP contribution in [0.3, 0.4) is 0 Å². The molecule has 6 nitrogen and oxygen atoms in total. The summed E-state index contributed by atoms with van der Waals surface area (Å²) in [5.41, 5.74) is 12.5. The standard InChI is InChI=1S/C15H24N2O4S/c16-6-2-4-12-3-1-5-13(9-12)21-10-14(17)20-8-7-19-11-15(18)22/h1,3,5,9,14H,2,4,6-8,10-11,16-17H2,(H,18,22). The summed E-state index contributed by atoms with van der Waals surface area (Å²) in [4.78, 5) is 10.5. The lowest BCUT2D eigenvalue weighted by Gasteiger charge is -2.14. The van der Waals surface area contributed by atoms with Crippen LogP contribution in [0.1, 0.15) is 12.0 Å². The first-order chi connectivity index (χ1) is 10.6. The van der Waals surface area contributed by atoms with Gasteiger partial charge in [-0.1, -0.05) is 12.1 Å². The van der Waals surface area contributed by atoms with Gasteiger partial charge in [-0.2, -0.15) is 0 Å². The smallest absolute Gasteiger partial charge is 0.211 e. The molecular formula is C15H24N2O4S. The molecule has 7 heteroatoms. The Morgan fingerprint density at radius 3 is 2.86 bits per heavy atom. The maximum Gasteiger partial charge on any atom is 0.211 e. The normalized spacial score (nSPS) is 12.1. The van der Waals surface area contributed by atoms with E-state index in [4.69, 9.17) is 25.7 Å². The Balaban J connectivity index is 2.20. The predicted octanol–water partition coefficient (Wildman–Crippen LogP) is 0.731. The molecule has 0 aliphatic carbocycles. The summed E-state index contributed by atoms with van der Waals surface area (Å²) in [6.07, 6.45) is 1.32. The van der Waals surface area contributed by atoms with Gasteiger partial charge in [0.25, 0.3) is 0 Å². The molecule has 0 aromatic heterocycles. The molecule has 0 amide bonds. The van der Waals surface area contributed by atoms with E-state index in [9.17, 15) is 4.79 Å². The van der Waals surface area contributed by atoms with Gasteiger partial charge in [0.05, 0.1) is 13.2 Å². The molecule has 0 saturated heterocycles. The second-order valence-corrected chi connectivity index (χ2v) is 5.21. The van der Waals surface area contributed by atoms with Crippen LogP contribution in [0, 0.1) is 0 Å². The van der Waals surface area contributed by atoms with Crippen LogP contribution >= 0.6 is 12.6 Å². The van der Waals surface area contributed by atoms with Crippen molar-refractivity contribution in [2.75, 3.05) is 33.0 Å². The molecule has 0 aliphatic heterocycles. The number of rotatable bonds is 12. The van der Waals surface area contributed by atoms with Gasteiger partial charge in [0.15, 0.2) is 0 Å². The first-order valence-corrected chi connectivity index (χ1v) is 7.65. The van der Waals surface area contributed by atoms with Gasteiger partial charge >= 0.3 is 0 Å². The Bertz CT molecular complexity index is 445.